The maximum atomic E-state index is 5.54. The fourth-order valence-electron chi connectivity index (χ4n) is 2.11. The van der Waals surface area contributed by atoms with Crippen molar-refractivity contribution >= 4 is 72.2 Å². The van der Waals surface area contributed by atoms with Gasteiger partial charge < -0.3 is 0 Å². The Morgan fingerprint density at radius 1 is 1.00 bits per heavy atom. The number of thiocarbonyl (C=S) groups is 2. The molecule has 2 aliphatic rings. The molecule has 0 amide bonds. The molecule has 5 heteroatoms. The van der Waals surface area contributed by atoms with E-state index in [0.717, 1.165) is 36.2 Å². The van der Waals surface area contributed by atoms with Crippen LogP contribution in [0.25, 0.3) is 0 Å². The number of hydrogen-bond donors (Lipinski definition) is 0. The van der Waals surface area contributed by atoms with Gasteiger partial charge >= 0.3 is 141 Å². The second-order valence-electron chi connectivity index (χ2n) is 5.17. The van der Waals surface area contributed by atoms with Crippen LogP contribution in [0.3, 0.4) is 0 Å². The molecule has 102 valence electrons. The van der Waals surface area contributed by atoms with Crippen molar-refractivity contribution in [1.82, 2.24) is 0 Å². The molecule has 0 saturated carbocycles. The summed E-state index contributed by atoms with van der Waals surface area (Å²) in [5.41, 5.74) is 2.97. The van der Waals surface area contributed by atoms with E-state index in [4.69, 9.17) is 24.4 Å². The first kappa shape index (κ1) is 14.8. The van der Waals surface area contributed by atoms with E-state index in [9.17, 15) is 0 Å². The van der Waals surface area contributed by atoms with Gasteiger partial charge in [0.05, 0.1) is 0 Å². The predicted octanol–water partition coefficient (Wildman–Crippen LogP) is 3.58. The van der Waals surface area contributed by atoms with Crippen LogP contribution in [-0.2, 0) is 12.8 Å². The van der Waals surface area contributed by atoms with E-state index in [0.29, 0.717) is 14.5 Å². The molecule has 19 heavy (non-hydrogen) atoms. The molecule has 2 saturated heterocycles. The van der Waals surface area contributed by atoms with E-state index < -0.39 is 0 Å². The van der Waals surface area contributed by atoms with E-state index >= 15 is 0 Å². The Kier molecular flexibility index (Phi) is 5.27. The fourth-order valence-corrected chi connectivity index (χ4v) is 6.00. The summed E-state index contributed by atoms with van der Waals surface area (Å²) >= 11 is 15.7. The Morgan fingerprint density at radius 3 is 1.79 bits per heavy atom. The van der Waals surface area contributed by atoms with Crippen molar-refractivity contribution in [3.8, 4) is 0 Å². The van der Waals surface area contributed by atoms with Gasteiger partial charge in [0.1, 0.15) is 0 Å². The zero-order valence-electron chi connectivity index (χ0n) is 10.6. The van der Waals surface area contributed by atoms with Crippen molar-refractivity contribution < 1.29 is 0 Å². The minimum absolute atomic E-state index is 0.540. The molecule has 2 aliphatic heterocycles. The molecule has 2 unspecified atom stereocenters. The molecule has 1 aromatic rings. The van der Waals surface area contributed by atoms with Crippen LogP contribution in [0, 0.1) is 0 Å². The Labute approximate surface area is 140 Å². The van der Waals surface area contributed by atoms with Crippen molar-refractivity contribution in [3.63, 3.8) is 0 Å². The summed E-state index contributed by atoms with van der Waals surface area (Å²) in [6.07, 6.45) is 4.31. The zero-order chi connectivity index (χ0) is 13.2. The van der Waals surface area contributed by atoms with Gasteiger partial charge in [-0.25, -0.2) is 0 Å². The van der Waals surface area contributed by atoms with Crippen LogP contribution in [0.1, 0.15) is 24.0 Å². The molecule has 2 atom stereocenters. The van der Waals surface area contributed by atoms with Crippen LogP contribution in [0.5, 0.6) is 0 Å². The molecule has 3 rings (SSSR count). The molecule has 2 fully saturated rings. The molecule has 1 aromatic heterocycles. The summed E-state index contributed by atoms with van der Waals surface area (Å²) in [6.45, 7) is 0. The summed E-state index contributed by atoms with van der Waals surface area (Å²) in [7, 11) is 0. The molecule has 0 aromatic carbocycles. The van der Waals surface area contributed by atoms with Gasteiger partial charge in [-0.1, -0.05) is 0 Å². The Bertz CT molecular complexity index is 443. The average molecular weight is 392 g/mol. The zero-order valence-corrected chi connectivity index (χ0v) is 15.6. The maximum absolute atomic E-state index is 5.54. The SMILES string of the molecule is S=C(Cc1c[se]cc1CC(=S)CC1CS1)CC1CS1. The normalized spacial score (nSPS) is 24.2. The van der Waals surface area contributed by atoms with Gasteiger partial charge in [-0.15, -0.1) is 0 Å². The Balaban J connectivity index is 1.54. The fraction of sp³-hybridized carbons (Fsp3) is 0.571. The molecule has 0 spiro atoms. The molecule has 0 radical (unpaired) electrons. The topological polar surface area (TPSA) is 0 Å². The van der Waals surface area contributed by atoms with Crippen molar-refractivity contribution in [2.24, 2.45) is 0 Å². The van der Waals surface area contributed by atoms with Crippen LogP contribution in [0.15, 0.2) is 9.88 Å². The molecular formula is C14H16S4Se. The average Bonchev–Trinajstić information content (AvgIpc) is 3.25. The first-order valence-electron chi connectivity index (χ1n) is 6.51. The van der Waals surface area contributed by atoms with Gasteiger partial charge in [-0.3, -0.25) is 0 Å². The predicted molar refractivity (Wildman–Crippen MR) is 97.7 cm³/mol. The van der Waals surface area contributed by atoms with E-state index in [1.54, 1.807) is 0 Å². The quantitative estimate of drug-likeness (QED) is 0.377. The van der Waals surface area contributed by atoms with Gasteiger partial charge in [-0.05, 0) is 0 Å². The minimum atomic E-state index is 0.540. The standard InChI is InChI=1S/C14H16S4Se/c15-11(3-13-5-17-13)1-9-7-19-8-10(9)2-12(16)4-14-6-18-14/h7-8,13-14H,1-6H2. The summed E-state index contributed by atoms with van der Waals surface area (Å²) in [4.78, 5) is 7.30. The van der Waals surface area contributed by atoms with Crippen LogP contribution in [0.2, 0.25) is 0 Å². The third kappa shape index (κ3) is 4.98. The van der Waals surface area contributed by atoms with Crippen LogP contribution >= 0.6 is 48.0 Å². The van der Waals surface area contributed by atoms with Gasteiger partial charge in [0.15, 0.2) is 0 Å². The van der Waals surface area contributed by atoms with Crippen molar-refractivity contribution in [1.29, 1.82) is 0 Å². The second-order valence-corrected chi connectivity index (χ2v) is 10.6. The third-order valence-electron chi connectivity index (χ3n) is 3.32. The monoisotopic (exact) mass is 392 g/mol. The summed E-state index contributed by atoms with van der Waals surface area (Å²) < 4.78 is 0. The van der Waals surface area contributed by atoms with Gasteiger partial charge in [0.25, 0.3) is 0 Å². The van der Waals surface area contributed by atoms with Crippen LogP contribution in [-0.4, -0.2) is 46.2 Å². The molecule has 0 N–H and O–H groups in total. The first-order valence-corrected chi connectivity index (χ1v) is 11.4. The van der Waals surface area contributed by atoms with Crippen LogP contribution in [0.4, 0.5) is 0 Å². The number of thioether (sulfide) groups is 2. The van der Waals surface area contributed by atoms with Gasteiger partial charge in [0.2, 0.25) is 0 Å². The number of hydrogen-bond acceptors (Lipinski definition) is 4. The molecular weight excluding hydrogens is 375 g/mol. The summed E-state index contributed by atoms with van der Waals surface area (Å²) in [6, 6.07) is 0. The van der Waals surface area contributed by atoms with Crippen LogP contribution < -0.4 is 0 Å². The van der Waals surface area contributed by atoms with Crippen molar-refractivity contribution in [2.75, 3.05) is 11.5 Å². The molecule has 0 bridgehead atoms. The summed E-state index contributed by atoms with van der Waals surface area (Å²) in [5.74, 6) is 2.63. The first-order chi connectivity index (χ1) is 9.20. The Morgan fingerprint density at radius 2 is 1.42 bits per heavy atom. The summed E-state index contributed by atoms with van der Waals surface area (Å²) in [5, 5.41) is 1.67. The van der Waals surface area contributed by atoms with Gasteiger partial charge in [0, 0.05) is 0 Å². The van der Waals surface area contributed by atoms with Crippen molar-refractivity contribution in [2.45, 2.75) is 36.2 Å². The molecule has 0 nitrogen and oxygen atoms in total. The van der Waals surface area contributed by atoms with E-state index in [-0.39, 0.29) is 0 Å². The second kappa shape index (κ2) is 6.76. The molecule has 3 heterocycles. The Hall–Kier alpha value is 0.879. The third-order valence-corrected chi connectivity index (χ3v) is 7.65. The van der Waals surface area contributed by atoms with Crippen molar-refractivity contribution in [3.05, 3.63) is 21.0 Å². The van der Waals surface area contributed by atoms with E-state index in [2.05, 4.69) is 9.88 Å². The van der Waals surface area contributed by atoms with E-state index in [1.165, 1.54) is 32.4 Å². The van der Waals surface area contributed by atoms with Gasteiger partial charge in [-0.2, -0.15) is 0 Å². The molecule has 0 aliphatic carbocycles. The number of rotatable bonds is 8. The van der Waals surface area contributed by atoms with E-state index in [1.807, 2.05) is 23.5 Å².